The fourth-order valence-corrected chi connectivity index (χ4v) is 10.4. The Balaban J connectivity index is 2.29. The Bertz CT molecular complexity index is 735. The van der Waals surface area contributed by atoms with Crippen LogP contribution in [0.1, 0.15) is 0 Å². The molecule has 0 radical (unpaired) electrons. The Hall–Kier alpha value is -2.30. The van der Waals surface area contributed by atoms with Crippen molar-refractivity contribution in [2.45, 2.75) is 0 Å². The van der Waals surface area contributed by atoms with Gasteiger partial charge in [0.15, 0.2) is 0 Å². The first-order chi connectivity index (χ1) is 12.3. The van der Waals surface area contributed by atoms with Crippen molar-refractivity contribution in [3.63, 3.8) is 0 Å². The first-order valence-electron chi connectivity index (χ1n) is 8.19. The van der Waals surface area contributed by atoms with Crippen molar-refractivity contribution >= 4 is 28.6 Å². The molecule has 0 fully saturated rings. The summed E-state index contributed by atoms with van der Waals surface area (Å²) >= 11 is -2.48. The molecule has 3 nitrogen and oxygen atoms in total. The van der Waals surface area contributed by atoms with E-state index in [1.54, 1.807) is 21.3 Å². The van der Waals surface area contributed by atoms with E-state index in [4.69, 9.17) is 14.2 Å². The molecule has 0 aliphatic carbocycles. The molecule has 0 heterocycles. The van der Waals surface area contributed by atoms with Crippen molar-refractivity contribution < 1.29 is 14.2 Å². The van der Waals surface area contributed by atoms with E-state index in [2.05, 4.69) is 36.4 Å². The third-order valence-corrected chi connectivity index (χ3v) is 11.3. The van der Waals surface area contributed by atoms with E-state index >= 15 is 0 Å². The van der Waals surface area contributed by atoms with Crippen LogP contribution in [0, 0.1) is 0 Å². The molecule has 3 aromatic carbocycles. The standard InChI is InChI=1S/3C7H7O.Ga/c3*1-8-7-5-3-2-4-6-7;/h3*2-5H,1H3;. The summed E-state index contributed by atoms with van der Waals surface area (Å²) < 4.78 is 20.8. The van der Waals surface area contributed by atoms with Gasteiger partial charge in [0.2, 0.25) is 0 Å². The number of para-hydroxylation sites is 3. The zero-order valence-corrected chi connectivity index (χ0v) is 17.2. The van der Waals surface area contributed by atoms with Gasteiger partial charge in [0.25, 0.3) is 0 Å². The van der Waals surface area contributed by atoms with Crippen LogP contribution < -0.4 is 26.6 Å². The van der Waals surface area contributed by atoms with Gasteiger partial charge in [0.05, 0.1) is 0 Å². The molecule has 0 atom stereocenters. The summed E-state index contributed by atoms with van der Waals surface area (Å²) in [6.07, 6.45) is 0. The second-order valence-corrected chi connectivity index (χ2v) is 11.4. The summed E-state index contributed by atoms with van der Waals surface area (Å²) in [4.78, 5) is 0. The number of methoxy groups -OCH3 is 3. The van der Waals surface area contributed by atoms with E-state index in [9.17, 15) is 0 Å². The Labute approximate surface area is 154 Å². The van der Waals surface area contributed by atoms with Crippen LogP contribution in [0.25, 0.3) is 0 Å². The molecule has 0 aliphatic heterocycles. The van der Waals surface area contributed by atoms with Crippen molar-refractivity contribution in [1.82, 2.24) is 0 Å². The molecule has 3 aromatic rings. The molecule has 126 valence electrons. The van der Waals surface area contributed by atoms with Gasteiger partial charge in [0.1, 0.15) is 0 Å². The van der Waals surface area contributed by atoms with Gasteiger partial charge in [-0.2, -0.15) is 0 Å². The minimum absolute atomic E-state index is 0.921. The van der Waals surface area contributed by atoms with Gasteiger partial charge >= 0.3 is 154 Å². The molecular weight excluding hydrogens is 370 g/mol. The topological polar surface area (TPSA) is 27.7 Å². The first kappa shape index (κ1) is 17.5. The summed E-state index contributed by atoms with van der Waals surface area (Å²) in [6.45, 7) is 0. The average molecular weight is 391 g/mol. The number of hydrogen-bond donors (Lipinski definition) is 0. The quantitative estimate of drug-likeness (QED) is 0.604. The molecule has 3 rings (SSSR count). The van der Waals surface area contributed by atoms with Gasteiger partial charge in [-0.3, -0.25) is 0 Å². The predicted octanol–water partition coefficient (Wildman–Crippen LogP) is 2.23. The van der Waals surface area contributed by atoms with Gasteiger partial charge < -0.3 is 0 Å². The van der Waals surface area contributed by atoms with Crippen molar-refractivity contribution in [3.05, 3.63) is 72.8 Å². The zero-order valence-electron chi connectivity index (χ0n) is 14.7. The number of hydrogen-bond acceptors (Lipinski definition) is 3. The second-order valence-electron chi connectivity index (χ2n) is 5.66. The van der Waals surface area contributed by atoms with E-state index < -0.39 is 16.2 Å². The number of rotatable bonds is 6. The molecule has 0 spiro atoms. The molecule has 0 unspecified atom stereocenters. The van der Waals surface area contributed by atoms with Gasteiger partial charge in [-0.15, -0.1) is 0 Å². The molecule has 25 heavy (non-hydrogen) atoms. The molecule has 0 saturated heterocycles. The Morgan fingerprint density at radius 1 is 0.480 bits per heavy atom. The Morgan fingerprint density at radius 2 is 0.760 bits per heavy atom. The van der Waals surface area contributed by atoms with Crippen molar-refractivity contribution in [2.75, 3.05) is 21.3 Å². The average Bonchev–Trinajstić information content (AvgIpc) is 2.69. The van der Waals surface area contributed by atoms with E-state index in [-0.39, 0.29) is 0 Å². The molecule has 0 aliphatic rings. The molecular formula is C21H21GaO3. The predicted molar refractivity (Wildman–Crippen MR) is 104 cm³/mol. The summed E-state index contributed by atoms with van der Waals surface area (Å²) in [5.41, 5.74) is 0. The molecule has 0 saturated carbocycles. The number of benzene rings is 3. The van der Waals surface area contributed by atoms with E-state index in [1.165, 1.54) is 12.4 Å². The fraction of sp³-hybridized carbons (Fsp3) is 0.143. The summed E-state index contributed by atoms with van der Waals surface area (Å²) in [7, 11) is 5.17. The van der Waals surface area contributed by atoms with Gasteiger partial charge in [-0.25, -0.2) is 0 Å². The SMILES string of the molecule is COc1cccc[c]1[Ga]([c]1ccccc1OC)[c]1ccccc1OC. The Morgan fingerprint density at radius 3 is 1.04 bits per heavy atom. The Kier molecular flexibility index (Phi) is 5.73. The molecule has 0 amide bonds. The van der Waals surface area contributed by atoms with Crippen LogP contribution >= 0.6 is 0 Å². The van der Waals surface area contributed by atoms with Gasteiger partial charge in [0, 0.05) is 0 Å². The van der Waals surface area contributed by atoms with E-state index in [0.29, 0.717) is 0 Å². The van der Waals surface area contributed by atoms with Crippen LogP contribution in [-0.2, 0) is 0 Å². The second kappa shape index (κ2) is 8.18. The summed E-state index contributed by atoms with van der Waals surface area (Å²) in [5, 5.41) is 0. The van der Waals surface area contributed by atoms with Gasteiger partial charge in [-0.1, -0.05) is 0 Å². The molecule has 0 aromatic heterocycles. The minimum atomic E-state index is -2.48. The van der Waals surface area contributed by atoms with E-state index in [1.807, 2.05) is 36.4 Å². The molecule has 4 heteroatoms. The zero-order chi connectivity index (χ0) is 17.6. The maximum atomic E-state index is 5.68. The molecule has 0 N–H and O–H groups in total. The third-order valence-electron chi connectivity index (χ3n) is 4.35. The van der Waals surface area contributed by atoms with E-state index in [0.717, 1.165) is 17.2 Å². The summed E-state index contributed by atoms with van der Waals surface area (Å²) in [5.74, 6) is 2.76. The maximum absolute atomic E-state index is 5.68. The summed E-state index contributed by atoms with van der Waals surface area (Å²) in [6, 6.07) is 24.8. The first-order valence-corrected chi connectivity index (χ1v) is 11.8. The van der Waals surface area contributed by atoms with Crippen molar-refractivity contribution in [1.29, 1.82) is 0 Å². The molecule has 0 bridgehead atoms. The monoisotopic (exact) mass is 390 g/mol. The van der Waals surface area contributed by atoms with Crippen LogP contribution in [0.2, 0.25) is 0 Å². The fourth-order valence-electron chi connectivity index (χ4n) is 3.22. The third kappa shape index (κ3) is 3.55. The van der Waals surface area contributed by atoms with Gasteiger partial charge in [-0.05, 0) is 0 Å². The number of ether oxygens (including phenoxy) is 3. The van der Waals surface area contributed by atoms with Crippen molar-refractivity contribution in [3.8, 4) is 17.2 Å². The van der Waals surface area contributed by atoms with Crippen LogP contribution in [0.15, 0.2) is 72.8 Å². The van der Waals surface area contributed by atoms with Crippen LogP contribution in [-0.4, -0.2) is 37.5 Å². The van der Waals surface area contributed by atoms with Crippen LogP contribution in [0.3, 0.4) is 0 Å². The van der Waals surface area contributed by atoms with Crippen LogP contribution in [0.5, 0.6) is 17.2 Å². The van der Waals surface area contributed by atoms with Crippen molar-refractivity contribution in [2.24, 2.45) is 0 Å². The van der Waals surface area contributed by atoms with Crippen LogP contribution in [0.4, 0.5) is 0 Å². The normalized spacial score (nSPS) is 10.2.